The third-order valence-corrected chi connectivity index (χ3v) is 4.46. The second kappa shape index (κ2) is 7.81. The first-order chi connectivity index (χ1) is 11.6. The van der Waals surface area contributed by atoms with Crippen molar-refractivity contribution in [3.63, 3.8) is 0 Å². The zero-order valence-corrected chi connectivity index (χ0v) is 14.0. The number of carbonyl (C=O) groups is 1. The number of ether oxygens (including phenoxy) is 2. The van der Waals surface area contributed by atoms with Crippen LogP contribution in [-0.4, -0.2) is 81.5 Å². The molecule has 3 rings (SSSR count). The molecule has 2 saturated heterocycles. The Balaban J connectivity index is 1.42. The topological polar surface area (TPSA) is 45.3 Å². The molecule has 24 heavy (non-hydrogen) atoms. The fourth-order valence-corrected chi connectivity index (χ4v) is 3.02. The van der Waals surface area contributed by atoms with Gasteiger partial charge in [0.05, 0.1) is 6.61 Å². The molecule has 0 aliphatic carbocycles. The fourth-order valence-electron chi connectivity index (χ4n) is 3.02. The van der Waals surface area contributed by atoms with Crippen molar-refractivity contribution in [2.24, 2.45) is 0 Å². The number of hydrogen-bond acceptors (Lipinski definition) is 5. The van der Waals surface area contributed by atoms with Crippen LogP contribution in [0.3, 0.4) is 0 Å². The van der Waals surface area contributed by atoms with Crippen LogP contribution in [0, 0.1) is 5.82 Å². The number of nitrogens with zero attached hydrogens (tertiary/aromatic N) is 3. The lowest BCUT2D eigenvalue weighted by Crippen LogP contribution is -2.50. The van der Waals surface area contributed by atoms with Crippen molar-refractivity contribution in [1.29, 1.82) is 0 Å². The molecule has 1 atom stereocenters. The molecule has 0 bridgehead atoms. The maximum atomic E-state index is 13.0. The van der Waals surface area contributed by atoms with Crippen molar-refractivity contribution in [2.45, 2.75) is 6.10 Å². The SMILES string of the molecule is CN1CCO[C@H](COC(=O)N2CCN(c3ccc(F)cc3)CC2)C1. The number of morpholine rings is 1. The van der Waals surface area contributed by atoms with E-state index in [0.717, 1.165) is 18.8 Å². The van der Waals surface area contributed by atoms with E-state index >= 15 is 0 Å². The van der Waals surface area contributed by atoms with E-state index in [1.54, 1.807) is 17.0 Å². The summed E-state index contributed by atoms with van der Waals surface area (Å²) in [7, 11) is 2.03. The molecule has 6 nitrogen and oxygen atoms in total. The molecular formula is C17H24FN3O3. The lowest BCUT2D eigenvalue weighted by molar-refractivity contribution is -0.0523. The highest BCUT2D eigenvalue weighted by molar-refractivity contribution is 5.68. The average Bonchev–Trinajstić information content (AvgIpc) is 2.61. The number of likely N-dealkylation sites (N-methyl/N-ethyl adjacent to an activating group) is 1. The van der Waals surface area contributed by atoms with Crippen LogP contribution < -0.4 is 4.90 Å². The highest BCUT2D eigenvalue weighted by atomic mass is 19.1. The van der Waals surface area contributed by atoms with E-state index in [1.807, 2.05) is 7.05 Å². The minimum Gasteiger partial charge on any atom is -0.447 e. The lowest BCUT2D eigenvalue weighted by atomic mass is 10.2. The summed E-state index contributed by atoms with van der Waals surface area (Å²) in [6, 6.07) is 6.44. The fraction of sp³-hybridized carbons (Fsp3) is 0.588. The Labute approximate surface area is 141 Å². The quantitative estimate of drug-likeness (QED) is 0.835. The van der Waals surface area contributed by atoms with E-state index in [4.69, 9.17) is 9.47 Å². The molecule has 0 aromatic heterocycles. The Kier molecular flexibility index (Phi) is 5.52. The molecule has 0 unspecified atom stereocenters. The van der Waals surface area contributed by atoms with Crippen LogP contribution in [0.15, 0.2) is 24.3 Å². The minimum absolute atomic E-state index is 0.0480. The molecule has 0 saturated carbocycles. The summed E-state index contributed by atoms with van der Waals surface area (Å²) < 4.78 is 24.0. The van der Waals surface area contributed by atoms with Gasteiger partial charge in [0.25, 0.3) is 0 Å². The molecule has 0 radical (unpaired) electrons. The molecule has 132 valence electrons. The second-order valence-electron chi connectivity index (χ2n) is 6.28. The Morgan fingerprint density at radius 3 is 2.58 bits per heavy atom. The number of anilines is 1. The van der Waals surface area contributed by atoms with Gasteiger partial charge in [0.2, 0.25) is 0 Å². The molecule has 7 heteroatoms. The summed E-state index contributed by atoms with van der Waals surface area (Å²) in [5.41, 5.74) is 0.975. The van der Waals surface area contributed by atoms with Crippen molar-refractivity contribution < 1.29 is 18.7 Å². The normalized spacial score (nSPS) is 22.5. The summed E-state index contributed by atoms with van der Waals surface area (Å²) >= 11 is 0. The number of halogens is 1. The first-order valence-corrected chi connectivity index (χ1v) is 8.34. The van der Waals surface area contributed by atoms with E-state index in [-0.39, 0.29) is 18.0 Å². The van der Waals surface area contributed by atoms with Gasteiger partial charge in [-0.3, -0.25) is 0 Å². The van der Waals surface area contributed by atoms with Gasteiger partial charge in [0.15, 0.2) is 0 Å². The molecular weight excluding hydrogens is 313 g/mol. The van der Waals surface area contributed by atoms with Crippen LogP contribution in [0.25, 0.3) is 0 Å². The van der Waals surface area contributed by atoms with Crippen molar-refractivity contribution in [2.75, 3.05) is 64.4 Å². The Morgan fingerprint density at radius 2 is 1.92 bits per heavy atom. The summed E-state index contributed by atoms with van der Waals surface area (Å²) in [6.07, 6.45) is -0.334. The Hall–Kier alpha value is -1.86. The van der Waals surface area contributed by atoms with Crippen LogP contribution in [0.1, 0.15) is 0 Å². The zero-order chi connectivity index (χ0) is 16.9. The number of piperazine rings is 1. The minimum atomic E-state index is -0.286. The van der Waals surface area contributed by atoms with Crippen LogP contribution >= 0.6 is 0 Å². The number of benzene rings is 1. The third-order valence-electron chi connectivity index (χ3n) is 4.46. The summed E-state index contributed by atoms with van der Waals surface area (Å²) in [5, 5.41) is 0. The molecule has 1 aromatic carbocycles. The highest BCUT2D eigenvalue weighted by Gasteiger charge is 2.24. The molecule has 2 heterocycles. The Morgan fingerprint density at radius 1 is 1.21 bits per heavy atom. The predicted molar refractivity (Wildman–Crippen MR) is 88.8 cm³/mol. The summed E-state index contributed by atoms with van der Waals surface area (Å²) in [5.74, 6) is -0.239. The maximum Gasteiger partial charge on any atom is 0.409 e. The van der Waals surface area contributed by atoms with Crippen molar-refractivity contribution in [3.05, 3.63) is 30.1 Å². The van der Waals surface area contributed by atoms with E-state index in [1.165, 1.54) is 12.1 Å². The first kappa shape index (κ1) is 17.0. The van der Waals surface area contributed by atoms with Gasteiger partial charge >= 0.3 is 6.09 Å². The van der Waals surface area contributed by atoms with Crippen LogP contribution in [0.5, 0.6) is 0 Å². The maximum absolute atomic E-state index is 13.0. The average molecular weight is 337 g/mol. The van der Waals surface area contributed by atoms with Gasteiger partial charge in [-0.2, -0.15) is 0 Å². The zero-order valence-electron chi connectivity index (χ0n) is 14.0. The number of hydrogen-bond donors (Lipinski definition) is 0. The molecule has 0 spiro atoms. The highest BCUT2D eigenvalue weighted by Crippen LogP contribution is 2.17. The van der Waals surface area contributed by atoms with Gasteiger partial charge in [0.1, 0.15) is 18.5 Å². The molecule has 2 aliphatic heterocycles. The smallest absolute Gasteiger partial charge is 0.409 e. The van der Waals surface area contributed by atoms with Crippen LogP contribution in [-0.2, 0) is 9.47 Å². The van der Waals surface area contributed by atoms with E-state index < -0.39 is 0 Å². The predicted octanol–water partition coefficient (Wildman–Crippen LogP) is 1.41. The van der Waals surface area contributed by atoms with E-state index in [2.05, 4.69) is 9.80 Å². The van der Waals surface area contributed by atoms with Gasteiger partial charge in [-0.25, -0.2) is 9.18 Å². The third kappa shape index (κ3) is 4.36. The van der Waals surface area contributed by atoms with Gasteiger partial charge in [-0.1, -0.05) is 0 Å². The van der Waals surface area contributed by atoms with Gasteiger partial charge in [-0.05, 0) is 31.3 Å². The standard InChI is InChI=1S/C17H24FN3O3/c1-19-10-11-23-16(12-19)13-24-17(22)21-8-6-20(7-9-21)15-4-2-14(18)3-5-15/h2-5,16H,6-13H2,1H3/t16-/m0/s1. The van der Waals surface area contributed by atoms with Gasteiger partial charge < -0.3 is 24.2 Å². The van der Waals surface area contributed by atoms with Gasteiger partial charge in [0, 0.05) is 45.0 Å². The molecule has 2 fully saturated rings. The molecule has 0 N–H and O–H groups in total. The van der Waals surface area contributed by atoms with Crippen LogP contribution in [0.2, 0.25) is 0 Å². The molecule has 1 aromatic rings. The molecule has 1 amide bonds. The number of amides is 1. The molecule has 2 aliphatic rings. The second-order valence-corrected chi connectivity index (χ2v) is 6.28. The van der Waals surface area contributed by atoms with Crippen molar-refractivity contribution in [1.82, 2.24) is 9.80 Å². The first-order valence-electron chi connectivity index (χ1n) is 8.34. The summed E-state index contributed by atoms with van der Waals surface area (Å²) in [4.78, 5) is 18.2. The number of carbonyl (C=O) groups excluding carboxylic acids is 1. The van der Waals surface area contributed by atoms with E-state index in [9.17, 15) is 9.18 Å². The Bertz CT molecular complexity index is 547. The van der Waals surface area contributed by atoms with Crippen LogP contribution in [0.4, 0.5) is 14.9 Å². The summed E-state index contributed by atoms with van der Waals surface area (Å²) in [6.45, 7) is 5.29. The number of rotatable bonds is 3. The monoisotopic (exact) mass is 337 g/mol. The van der Waals surface area contributed by atoms with Gasteiger partial charge in [-0.15, -0.1) is 0 Å². The van der Waals surface area contributed by atoms with E-state index in [0.29, 0.717) is 39.4 Å². The van der Waals surface area contributed by atoms with Crippen molar-refractivity contribution in [3.8, 4) is 0 Å². The lowest BCUT2D eigenvalue weighted by Gasteiger charge is -2.36. The largest absolute Gasteiger partial charge is 0.447 e. The van der Waals surface area contributed by atoms with Crippen molar-refractivity contribution >= 4 is 11.8 Å².